The molecule has 0 saturated heterocycles. The summed E-state index contributed by atoms with van der Waals surface area (Å²) >= 11 is 3.88. The highest BCUT2D eigenvalue weighted by Crippen LogP contribution is 2.35. The summed E-state index contributed by atoms with van der Waals surface area (Å²) in [6, 6.07) is 3.15. The zero-order valence-corrected chi connectivity index (χ0v) is 16.1. The second kappa shape index (κ2) is 6.81. The van der Waals surface area contributed by atoms with Crippen LogP contribution in [0.25, 0.3) is 0 Å². The molecule has 1 aromatic rings. The van der Waals surface area contributed by atoms with Gasteiger partial charge in [-0.2, -0.15) is 8.78 Å². The monoisotopic (exact) mass is 540 g/mol. The normalized spacial score (nSPS) is 12.0. The summed E-state index contributed by atoms with van der Waals surface area (Å²) in [5, 5.41) is 8.58. The van der Waals surface area contributed by atoms with Crippen molar-refractivity contribution in [3.05, 3.63) is 24.8 Å². The molecule has 1 rings (SSSR count). The zero-order valence-electron chi connectivity index (χ0n) is 11.7. The predicted octanol–water partition coefficient (Wildman–Crippen LogP) is 3.56. The number of aliphatic carboxylic acids is 1. The fourth-order valence-electron chi connectivity index (χ4n) is 1.53. The van der Waals surface area contributed by atoms with Crippen molar-refractivity contribution in [3.63, 3.8) is 0 Å². The fourth-order valence-corrected chi connectivity index (χ4v) is 3.59. The van der Waals surface area contributed by atoms with Crippen molar-refractivity contribution < 1.29 is 33.0 Å². The van der Waals surface area contributed by atoms with E-state index in [4.69, 9.17) is 14.6 Å². The molecular weight excluding hydrogens is 528 g/mol. The highest BCUT2D eigenvalue weighted by atomic mass is 127. The third kappa shape index (κ3) is 3.78. The van der Waals surface area contributed by atoms with Gasteiger partial charge in [-0.1, -0.05) is 0 Å². The fraction of sp³-hybridized carbons (Fsp3) is 0.385. The van der Waals surface area contributed by atoms with Gasteiger partial charge in [0.2, 0.25) is 0 Å². The van der Waals surface area contributed by atoms with E-state index in [1.54, 1.807) is 6.07 Å². The van der Waals surface area contributed by atoms with E-state index in [0.717, 1.165) is 13.8 Å². The van der Waals surface area contributed by atoms with Crippen LogP contribution in [-0.2, 0) is 9.53 Å². The van der Waals surface area contributed by atoms with Crippen LogP contribution < -0.4 is 4.74 Å². The highest BCUT2D eigenvalue weighted by molar-refractivity contribution is 14.1. The molecule has 22 heavy (non-hydrogen) atoms. The lowest BCUT2D eigenvalue weighted by Crippen LogP contribution is -2.51. The van der Waals surface area contributed by atoms with Crippen molar-refractivity contribution in [3.8, 4) is 5.75 Å². The minimum atomic E-state index is -4.23. The molecule has 1 aromatic carbocycles. The Balaban J connectivity index is 3.21. The van der Waals surface area contributed by atoms with E-state index in [9.17, 15) is 18.4 Å². The van der Waals surface area contributed by atoms with Crippen LogP contribution in [0.3, 0.4) is 0 Å². The van der Waals surface area contributed by atoms with Crippen molar-refractivity contribution in [2.45, 2.75) is 25.4 Å². The van der Waals surface area contributed by atoms with Crippen LogP contribution in [0.1, 0.15) is 24.2 Å². The SMILES string of the molecule is COc1c(I)cc(I)cc1C(=O)OC(C)(C)C(F)(F)C(=O)O. The molecule has 0 aliphatic carbocycles. The van der Waals surface area contributed by atoms with E-state index >= 15 is 0 Å². The van der Waals surface area contributed by atoms with Crippen LogP contribution in [0.15, 0.2) is 12.1 Å². The Bertz CT molecular complexity index is 617. The number of carboxylic acid groups (broad SMARTS) is 1. The van der Waals surface area contributed by atoms with Crippen LogP contribution in [0.4, 0.5) is 8.78 Å². The number of hydrogen-bond donors (Lipinski definition) is 1. The molecular formula is C13H12F2I2O5. The Morgan fingerprint density at radius 1 is 1.23 bits per heavy atom. The van der Waals surface area contributed by atoms with Crippen LogP contribution in [0.5, 0.6) is 5.75 Å². The molecule has 9 heteroatoms. The first-order valence-corrected chi connectivity index (χ1v) is 7.97. The molecule has 5 nitrogen and oxygen atoms in total. The molecule has 0 heterocycles. The van der Waals surface area contributed by atoms with Gasteiger partial charge >= 0.3 is 17.9 Å². The number of halogens is 4. The maximum atomic E-state index is 13.6. The van der Waals surface area contributed by atoms with Crippen LogP contribution in [0.2, 0.25) is 0 Å². The number of benzene rings is 1. The number of esters is 1. The van der Waals surface area contributed by atoms with Gasteiger partial charge in [0.15, 0.2) is 5.60 Å². The summed E-state index contributed by atoms with van der Waals surface area (Å²) in [7, 11) is 1.33. The lowest BCUT2D eigenvalue weighted by Gasteiger charge is -2.30. The zero-order chi connectivity index (χ0) is 17.3. The molecule has 0 spiro atoms. The number of methoxy groups -OCH3 is 1. The number of carboxylic acids is 1. The second-order valence-corrected chi connectivity index (χ2v) is 7.16. The topological polar surface area (TPSA) is 72.8 Å². The van der Waals surface area contributed by atoms with Crippen molar-refractivity contribution in [1.82, 2.24) is 0 Å². The molecule has 122 valence electrons. The van der Waals surface area contributed by atoms with Crippen LogP contribution in [-0.4, -0.2) is 35.7 Å². The van der Waals surface area contributed by atoms with E-state index in [2.05, 4.69) is 0 Å². The minimum Gasteiger partial charge on any atom is -0.495 e. The molecule has 0 bridgehead atoms. The first-order valence-electron chi connectivity index (χ1n) is 5.81. The number of ether oxygens (including phenoxy) is 2. The van der Waals surface area contributed by atoms with Crippen molar-refractivity contribution in [2.24, 2.45) is 0 Å². The summed E-state index contributed by atoms with van der Waals surface area (Å²) in [4.78, 5) is 22.8. The molecule has 0 aliphatic rings. The van der Waals surface area contributed by atoms with Crippen LogP contribution >= 0.6 is 45.2 Å². The number of carbonyl (C=O) groups excluding carboxylic acids is 1. The minimum absolute atomic E-state index is 0.0481. The molecule has 1 N–H and O–H groups in total. The standard InChI is InChI=1S/C13H12F2I2O5/c1-12(2,13(14,15)11(19)20)22-10(18)7-4-6(16)5-8(17)9(7)21-3/h4-5H,1-3H3,(H,19,20). The number of carbonyl (C=O) groups is 2. The van der Waals surface area contributed by atoms with Gasteiger partial charge in [-0.25, -0.2) is 9.59 Å². The Kier molecular flexibility index (Phi) is 5.98. The van der Waals surface area contributed by atoms with Gasteiger partial charge in [0.05, 0.1) is 10.7 Å². The smallest absolute Gasteiger partial charge is 0.380 e. The molecule has 0 unspecified atom stereocenters. The Labute approximate surface area is 152 Å². The summed E-state index contributed by atoms with van der Waals surface area (Å²) in [6.45, 7) is 1.68. The van der Waals surface area contributed by atoms with Gasteiger partial charge in [-0.05, 0) is 71.2 Å². The molecule has 0 saturated carbocycles. The lowest BCUT2D eigenvalue weighted by molar-refractivity contribution is -0.200. The average molecular weight is 540 g/mol. The van der Waals surface area contributed by atoms with Crippen LogP contribution in [0, 0.1) is 7.14 Å². The average Bonchev–Trinajstić information content (AvgIpc) is 2.36. The third-order valence-corrected chi connectivity index (χ3v) is 4.23. The van der Waals surface area contributed by atoms with Crippen molar-refractivity contribution in [1.29, 1.82) is 0 Å². The molecule has 0 radical (unpaired) electrons. The summed E-state index contributed by atoms with van der Waals surface area (Å²) in [6.07, 6.45) is 0. The van der Waals surface area contributed by atoms with Gasteiger partial charge in [0, 0.05) is 3.57 Å². The van der Waals surface area contributed by atoms with E-state index < -0.39 is 23.5 Å². The van der Waals surface area contributed by atoms with Gasteiger partial charge in [-0.3, -0.25) is 0 Å². The second-order valence-electron chi connectivity index (χ2n) is 4.75. The highest BCUT2D eigenvalue weighted by Gasteiger charge is 2.57. The molecule has 0 aliphatic heterocycles. The van der Waals surface area contributed by atoms with Gasteiger partial charge in [0.25, 0.3) is 0 Å². The Hall–Kier alpha value is -0.720. The molecule has 0 atom stereocenters. The van der Waals surface area contributed by atoms with E-state index in [-0.39, 0.29) is 11.3 Å². The quantitative estimate of drug-likeness (QED) is 0.457. The summed E-state index contributed by atoms with van der Waals surface area (Å²) in [5.41, 5.74) is -2.57. The summed E-state index contributed by atoms with van der Waals surface area (Å²) in [5.74, 6) is -7.50. The van der Waals surface area contributed by atoms with Gasteiger partial charge in [0.1, 0.15) is 11.3 Å². The van der Waals surface area contributed by atoms with E-state index in [1.165, 1.54) is 13.2 Å². The number of rotatable bonds is 5. The Morgan fingerprint density at radius 2 is 1.77 bits per heavy atom. The molecule has 0 amide bonds. The lowest BCUT2D eigenvalue weighted by atomic mass is 10.0. The number of alkyl halides is 2. The van der Waals surface area contributed by atoms with E-state index in [0.29, 0.717) is 7.14 Å². The first kappa shape index (κ1) is 19.3. The van der Waals surface area contributed by atoms with Gasteiger partial charge < -0.3 is 14.6 Å². The number of hydrogen-bond acceptors (Lipinski definition) is 4. The third-order valence-electron chi connectivity index (χ3n) is 2.81. The molecule has 0 fully saturated rings. The first-order chi connectivity index (χ1) is 9.94. The largest absolute Gasteiger partial charge is 0.495 e. The Morgan fingerprint density at radius 3 is 2.23 bits per heavy atom. The maximum absolute atomic E-state index is 13.6. The van der Waals surface area contributed by atoms with Crippen molar-refractivity contribution >= 4 is 57.1 Å². The van der Waals surface area contributed by atoms with Crippen molar-refractivity contribution in [2.75, 3.05) is 7.11 Å². The van der Waals surface area contributed by atoms with E-state index in [1.807, 2.05) is 45.2 Å². The summed E-state index contributed by atoms with van der Waals surface area (Å²) < 4.78 is 38.4. The molecule has 0 aromatic heterocycles. The predicted molar refractivity (Wildman–Crippen MR) is 90.5 cm³/mol. The van der Waals surface area contributed by atoms with Gasteiger partial charge in [-0.15, -0.1) is 0 Å². The maximum Gasteiger partial charge on any atom is 0.380 e.